The number of fused-ring (bicyclic) bond motifs is 1. The molecule has 0 saturated heterocycles. The lowest BCUT2D eigenvalue weighted by atomic mass is 9.79. The number of nitrogens with one attached hydrogen (secondary N) is 2. The van der Waals surface area contributed by atoms with Gasteiger partial charge in [0.05, 0.1) is 56.7 Å². The van der Waals surface area contributed by atoms with Crippen molar-refractivity contribution < 1.29 is 23.7 Å². The molecule has 1 aliphatic rings. The van der Waals surface area contributed by atoms with Crippen LogP contribution in [-0.4, -0.2) is 38.8 Å². The second-order valence-corrected chi connectivity index (χ2v) is 8.99. The summed E-state index contributed by atoms with van der Waals surface area (Å²) in [6, 6.07) is 12.8. The van der Waals surface area contributed by atoms with Gasteiger partial charge in [-0.3, -0.25) is 4.79 Å². The van der Waals surface area contributed by atoms with Gasteiger partial charge in [-0.25, -0.2) is 4.98 Å². The van der Waals surface area contributed by atoms with E-state index in [4.69, 9.17) is 18.9 Å². The summed E-state index contributed by atoms with van der Waals surface area (Å²) in [4.78, 5) is 18.5. The van der Waals surface area contributed by atoms with Crippen LogP contribution >= 0.6 is 0 Å². The van der Waals surface area contributed by atoms with E-state index in [1.54, 1.807) is 45.7 Å². The molecule has 1 atom stereocenters. The maximum atomic E-state index is 13.9. The molecule has 2 heterocycles. The van der Waals surface area contributed by atoms with Crippen LogP contribution in [0.25, 0.3) is 0 Å². The van der Waals surface area contributed by atoms with Crippen LogP contribution in [0.2, 0.25) is 0 Å². The van der Waals surface area contributed by atoms with E-state index in [-0.39, 0.29) is 12.5 Å². The standard InChI is InChI=1S/C30H32N4O5/c1-7-39-30-27-26(22-11-8-19(14-31)12-24(22)38-6)25(18(3)34-28(27)17(2)15-33-30)29(35)32-16-20-9-10-21(36-4)13-23(20)37-5/h8-13,15,26,34H,7,16H2,1-6H3,(H,32,35)/t26-/m1/s1. The molecule has 0 radical (unpaired) electrons. The molecule has 1 aromatic heterocycles. The SMILES string of the molecule is CCOc1ncc(C)c2c1[C@H](c1ccc(C#N)cc1OC)C(C(=O)NCc1ccc(OC)cc1OC)=C(C)N2. The normalized spacial score (nSPS) is 14.0. The van der Waals surface area contributed by atoms with Gasteiger partial charge in [-0.05, 0) is 50.6 Å². The highest BCUT2D eigenvalue weighted by atomic mass is 16.5. The van der Waals surface area contributed by atoms with Crippen molar-refractivity contribution >= 4 is 11.6 Å². The number of benzene rings is 2. The number of carbonyl (C=O) groups is 1. The topological polar surface area (TPSA) is 115 Å². The molecule has 4 rings (SSSR count). The largest absolute Gasteiger partial charge is 0.497 e. The number of rotatable bonds is 9. The summed E-state index contributed by atoms with van der Waals surface area (Å²) < 4.78 is 22.5. The van der Waals surface area contributed by atoms with Crippen molar-refractivity contribution in [3.63, 3.8) is 0 Å². The smallest absolute Gasteiger partial charge is 0.250 e. The predicted octanol–water partition coefficient (Wildman–Crippen LogP) is 4.83. The number of aromatic nitrogens is 1. The first-order valence-corrected chi connectivity index (χ1v) is 12.5. The molecule has 3 aromatic rings. The van der Waals surface area contributed by atoms with Crippen molar-refractivity contribution in [2.24, 2.45) is 0 Å². The quantitative estimate of drug-likeness (QED) is 0.406. The first-order chi connectivity index (χ1) is 18.9. The van der Waals surface area contributed by atoms with E-state index in [0.717, 1.165) is 27.9 Å². The third-order valence-electron chi connectivity index (χ3n) is 6.70. The zero-order valence-corrected chi connectivity index (χ0v) is 23.0. The van der Waals surface area contributed by atoms with Gasteiger partial charge in [0.2, 0.25) is 11.8 Å². The van der Waals surface area contributed by atoms with Gasteiger partial charge in [0, 0.05) is 41.2 Å². The predicted molar refractivity (Wildman–Crippen MR) is 147 cm³/mol. The van der Waals surface area contributed by atoms with Crippen molar-refractivity contribution in [3.8, 4) is 29.2 Å². The molecular weight excluding hydrogens is 496 g/mol. The first-order valence-electron chi connectivity index (χ1n) is 12.5. The summed E-state index contributed by atoms with van der Waals surface area (Å²) in [5, 5.41) is 15.9. The molecule has 2 aromatic carbocycles. The Kier molecular flexibility index (Phi) is 8.25. The second-order valence-electron chi connectivity index (χ2n) is 8.99. The molecule has 9 nitrogen and oxygen atoms in total. The van der Waals surface area contributed by atoms with Crippen LogP contribution in [0.1, 0.15) is 47.6 Å². The average Bonchev–Trinajstić information content (AvgIpc) is 2.96. The Hall–Kier alpha value is -4.71. The summed E-state index contributed by atoms with van der Waals surface area (Å²) in [5.74, 6) is 1.34. The number of carbonyl (C=O) groups excluding carboxylic acids is 1. The number of allylic oxidation sites excluding steroid dienone is 1. The van der Waals surface area contributed by atoms with E-state index in [1.165, 1.54) is 0 Å². The number of hydrogen-bond acceptors (Lipinski definition) is 8. The van der Waals surface area contributed by atoms with Gasteiger partial charge in [-0.15, -0.1) is 0 Å². The van der Waals surface area contributed by atoms with Gasteiger partial charge in [0.1, 0.15) is 17.2 Å². The van der Waals surface area contributed by atoms with Gasteiger partial charge in [0.25, 0.3) is 0 Å². The second kappa shape index (κ2) is 11.8. The fraction of sp³-hybridized carbons (Fsp3) is 0.300. The zero-order chi connectivity index (χ0) is 28.1. The number of nitriles is 1. The van der Waals surface area contributed by atoms with Crippen LogP contribution in [0.4, 0.5) is 5.69 Å². The summed E-state index contributed by atoms with van der Waals surface area (Å²) >= 11 is 0. The van der Waals surface area contributed by atoms with E-state index in [2.05, 4.69) is 21.7 Å². The maximum absolute atomic E-state index is 13.9. The van der Waals surface area contributed by atoms with Gasteiger partial charge in [0.15, 0.2) is 0 Å². The van der Waals surface area contributed by atoms with E-state index in [1.807, 2.05) is 39.0 Å². The number of amides is 1. The molecule has 2 N–H and O–H groups in total. The summed E-state index contributed by atoms with van der Waals surface area (Å²) in [6.45, 7) is 6.35. The van der Waals surface area contributed by atoms with Gasteiger partial charge in [-0.2, -0.15) is 5.26 Å². The molecule has 0 unspecified atom stereocenters. The Morgan fingerprint density at radius 1 is 1.08 bits per heavy atom. The minimum atomic E-state index is -0.573. The molecule has 0 saturated carbocycles. The molecule has 1 amide bonds. The Balaban J connectivity index is 1.83. The Morgan fingerprint density at radius 2 is 1.85 bits per heavy atom. The van der Waals surface area contributed by atoms with Crippen molar-refractivity contribution in [1.29, 1.82) is 5.26 Å². The molecule has 39 heavy (non-hydrogen) atoms. The Morgan fingerprint density at radius 3 is 2.51 bits per heavy atom. The fourth-order valence-corrected chi connectivity index (χ4v) is 4.81. The van der Waals surface area contributed by atoms with Crippen LogP contribution in [0.3, 0.4) is 0 Å². The number of hydrogen-bond donors (Lipinski definition) is 2. The highest BCUT2D eigenvalue weighted by Gasteiger charge is 2.37. The van der Waals surface area contributed by atoms with Crippen LogP contribution in [0.15, 0.2) is 53.9 Å². The summed E-state index contributed by atoms with van der Waals surface area (Å²) in [7, 11) is 4.71. The van der Waals surface area contributed by atoms with Crippen LogP contribution in [0, 0.1) is 18.3 Å². The molecule has 9 heteroatoms. The van der Waals surface area contributed by atoms with Gasteiger partial charge < -0.3 is 29.6 Å². The minimum Gasteiger partial charge on any atom is -0.497 e. The summed E-state index contributed by atoms with van der Waals surface area (Å²) in [6.07, 6.45) is 1.75. The number of methoxy groups -OCH3 is 3. The van der Waals surface area contributed by atoms with Gasteiger partial charge >= 0.3 is 0 Å². The lowest BCUT2D eigenvalue weighted by Gasteiger charge is -2.33. The van der Waals surface area contributed by atoms with Crippen molar-refractivity contribution in [1.82, 2.24) is 10.3 Å². The number of ether oxygens (including phenoxy) is 4. The number of aryl methyl sites for hydroxylation is 1. The van der Waals surface area contributed by atoms with Crippen LogP contribution in [0.5, 0.6) is 23.1 Å². The minimum absolute atomic E-state index is 0.233. The monoisotopic (exact) mass is 528 g/mol. The maximum Gasteiger partial charge on any atom is 0.250 e. The summed E-state index contributed by atoms with van der Waals surface area (Å²) in [5.41, 5.74) is 5.63. The lowest BCUT2D eigenvalue weighted by Crippen LogP contribution is -2.32. The molecule has 1 aliphatic heterocycles. The lowest BCUT2D eigenvalue weighted by molar-refractivity contribution is -0.117. The molecule has 202 valence electrons. The number of anilines is 1. The number of pyridine rings is 1. The molecule has 0 fully saturated rings. The molecule has 0 bridgehead atoms. The molecule has 0 aliphatic carbocycles. The van der Waals surface area contributed by atoms with E-state index >= 15 is 0 Å². The molecular formula is C30H32N4O5. The van der Waals surface area contributed by atoms with Crippen LogP contribution in [-0.2, 0) is 11.3 Å². The number of nitrogens with zero attached hydrogens (tertiary/aromatic N) is 2. The zero-order valence-electron chi connectivity index (χ0n) is 23.0. The first kappa shape index (κ1) is 27.3. The Labute approximate surface area is 228 Å². The third kappa shape index (κ3) is 5.32. The fourth-order valence-electron chi connectivity index (χ4n) is 4.81. The van der Waals surface area contributed by atoms with Crippen molar-refractivity contribution in [2.45, 2.75) is 33.2 Å². The average molecular weight is 529 g/mol. The van der Waals surface area contributed by atoms with Crippen molar-refractivity contribution in [2.75, 3.05) is 33.3 Å². The van der Waals surface area contributed by atoms with Gasteiger partial charge in [-0.1, -0.05) is 6.07 Å². The highest BCUT2D eigenvalue weighted by Crippen LogP contribution is 2.49. The van der Waals surface area contributed by atoms with E-state index in [9.17, 15) is 10.1 Å². The van der Waals surface area contributed by atoms with E-state index in [0.29, 0.717) is 46.6 Å². The van der Waals surface area contributed by atoms with Crippen molar-refractivity contribution in [3.05, 3.63) is 81.7 Å². The molecule has 0 spiro atoms. The highest BCUT2D eigenvalue weighted by molar-refractivity contribution is 5.99. The third-order valence-corrected chi connectivity index (χ3v) is 6.70. The van der Waals surface area contributed by atoms with Crippen LogP contribution < -0.4 is 29.6 Å². The Bertz CT molecular complexity index is 1470. The van der Waals surface area contributed by atoms with E-state index < -0.39 is 5.92 Å².